The van der Waals surface area contributed by atoms with Gasteiger partial charge in [0.05, 0.1) is 17.3 Å². The first-order chi connectivity index (χ1) is 8.56. The van der Waals surface area contributed by atoms with Crippen molar-refractivity contribution >= 4 is 29.1 Å². The van der Waals surface area contributed by atoms with Crippen LogP contribution in [0.15, 0.2) is 12.1 Å². The van der Waals surface area contributed by atoms with Crippen molar-refractivity contribution in [1.82, 2.24) is 15.2 Å². The van der Waals surface area contributed by atoms with Crippen LogP contribution in [-0.2, 0) is 11.3 Å². The number of hydrogen-bond acceptors (Lipinski definition) is 3. The average molecular weight is 290 g/mol. The van der Waals surface area contributed by atoms with Crippen molar-refractivity contribution in [2.75, 3.05) is 20.1 Å². The van der Waals surface area contributed by atoms with Crippen molar-refractivity contribution in [3.05, 3.63) is 28.0 Å². The van der Waals surface area contributed by atoms with E-state index in [2.05, 4.69) is 17.2 Å². The van der Waals surface area contributed by atoms with Crippen LogP contribution in [-0.4, -0.2) is 35.9 Å². The molecular formula is C12H17Cl2N3O. The first kappa shape index (κ1) is 15.2. The Balaban J connectivity index is 2.75. The van der Waals surface area contributed by atoms with Crippen molar-refractivity contribution in [1.29, 1.82) is 0 Å². The van der Waals surface area contributed by atoms with Crippen LogP contribution in [0.5, 0.6) is 0 Å². The van der Waals surface area contributed by atoms with Gasteiger partial charge in [0, 0.05) is 13.6 Å². The van der Waals surface area contributed by atoms with Gasteiger partial charge in [0.1, 0.15) is 5.15 Å². The molecule has 18 heavy (non-hydrogen) atoms. The van der Waals surface area contributed by atoms with Gasteiger partial charge < -0.3 is 5.32 Å². The summed E-state index contributed by atoms with van der Waals surface area (Å²) in [5.74, 6) is -0.0263. The molecule has 1 N–H and O–H groups in total. The molecule has 0 bridgehead atoms. The molecule has 1 rings (SSSR count). The third-order valence-electron chi connectivity index (χ3n) is 2.44. The van der Waals surface area contributed by atoms with E-state index in [1.54, 1.807) is 19.2 Å². The highest BCUT2D eigenvalue weighted by Gasteiger charge is 2.12. The standard InChI is InChI=1S/C12H17Cl2N3O/c1-3-6-17(8-12(18)15-2)7-10-9(13)4-5-11(14)16-10/h4-5H,3,6-8H2,1-2H3,(H,15,18). The Bertz CT molecular complexity index is 412. The number of pyridine rings is 1. The summed E-state index contributed by atoms with van der Waals surface area (Å²) < 4.78 is 0. The second kappa shape index (κ2) is 7.56. The Morgan fingerprint density at radius 3 is 2.78 bits per heavy atom. The van der Waals surface area contributed by atoms with Crippen LogP contribution >= 0.6 is 23.2 Å². The molecule has 6 heteroatoms. The second-order valence-corrected chi connectivity index (χ2v) is 4.74. The summed E-state index contributed by atoms with van der Waals surface area (Å²) in [6, 6.07) is 3.37. The van der Waals surface area contributed by atoms with Gasteiger partial charge >= 0.3 is 0 Å². The lowest BCUT2D eigenvalue weighted by Gasteiger charge is -2.20. The maximum Gasteiger partial charge on any atom is 0.233 e. The van der Waals surface area contributed by atoms with Crippen LogP contribution in [0.25, 0.3) is 0 Å². The lowest BCUT2D eigenvalue weighted by atomic mass is 10.3. The molecule has 0 aliphatic heterocycles. The zero-order valence-corrected chi connectivity index (χ0v) is 12.1. The average Bonchev–Trinajstić information content (AvgIpc) is 2.34. The van der Waals surface area contributed by atoms with E-state index in [4.69, 9.17) is 23.2 Å². The van der Waals surface area contributed by atoms with Crippen LogP contribution in [0.3, 0.4) is 0 Å². The Morgan fingerprint density at radius 2 is 2.17 bits per heavy atom. The van der Waals surface area contributed by atoms with E-state index in [9.17, 15) is 4.79 Å². The summed E-state index contributed by atoms with van der Waals surface area (Å²) in [5.41, 5.74) is 0.696. The van der Waals surface area contributed by atoms with Crippen molar-refractivity contribution in [3.63, 3.8) is 0 Å². The first-order valence-corrected chi connectivity index (χ1v) is 6.56. The molecule has 0 atom stereocenters. The Hall–Kier alpha value is -0.840. The highest BCUT2D eigenvalue weighted by molar-refractivity contribution is 6.32. The SMILES string of the molecule is CCCN(CC(=O)NC)Cc1nc(Cl)ccc1Cl. The smallest absolute Gasteiger partial charge is 0.233 e. The number of likely N-dealkylation sites (N-methyl/N-ethyl adjacent to an activating group) is 1. The number of aromatic nitrogens is 1. The van der Waals surface area contributed by atoms with Crippen LogP contribution in [0.1, 0.15) is 19.0 Å². The second-order valence-electron chi connectivity index (χ2n) is 3.95. The number of carbonyl (C=O) groups is 1. The molecule has 0 fully saturated rings. The summed E-state index contributed by atoms with van der Waals surface area (Å²) in [6.07, 6.45) is 0.954. The molecule has 1 aromatic heterocycles. The minimum absolute atomic E-state index is 0.0263. The monoisotopic (exact) mass is 289 g/mol. The van der Waals surface area contributed by atoms with Crippen LogP contribution in [0.2, 0.25) is 10.2 Å². The fourth-order valence-electron chi connectivity index (χ4n) is 1.59. The molecule has 0 spiro atoms. The van der Waals surface area contributed by atoms with Gasteiger partial charge in [0.15, 0.2) is 0 Å². The molecule has 1 aromatic rings. The van der Waals surface area contributed by atoms with Gasteiger partial charge in [-0.2, -0.15) is 0 Å². The predicted octanol–water partition coefficient (Wildman–Crippen LogP) is 2.35. The van der Waals surface area contributed by atoms with Gasteiger partial charge in [-0.15, -0.1) is 0 Å². The fourth-order valence-corrected chi connectivity index (χ4v) is 1.92. The fraction of sp³-hybridized carbons (Fsp3) is 0.500. The number of carbonyl (C=O) groups excluding carboxylic acids is 1. The van der Waals surface area contributed by atoms with Crippen LogP contribution in [0, 0.1) is 0 Å². The van der Waals surface area contributed by atoms with Crippen molar-refractivity contribution in [2.24, 2.45) is 0 Å². The molecule has 0 aliphatic carbocycles. The number of amides is 1. The van der Waals surface area contributed by atoms with E-state index in [0.717, 1.165) is 13.0 Å². The first-order valence-electron chi connectivity index (χ1n) is 5.80. The topological polar surface area (TPSA) is 45.2 Å². The molecular weight excluding hydrogens is 273 g/mol. The summed E-state index contributed by atoms with van der Waals surface area (Å²) in [6.45, 7) is 3.71. The largest absolute Gasteiger partial charge is 0.358 e. The third kappa shape index (κ3) is 4.80. The highest BCUT2D eigenvalue weighted by atomic mass is 35.5. The molecule has 0 saturated carbocycles. The van der Waals surface area contributed by atoms with Crippen molar-refractivity contribution in [2.45, 2.75) is 19.9 Å². The number of rotatable bonds is 6. The van der Waals surface area contributed by atoms with Crippen LogP contribution in [0.4, 0.5) is 0 Å². The number of nitrogens with zero attached hydrogens (tertiary/aromatic N) is 2. The van der Waals surface area contributed by atoms with Gasteiger partial charge in [-0.05, 0) is 25.1 Å². The zero-order valence-electron chi connectivity index (χ0n) is 10.5. The minimum atomic E-state index is -0.0263. The quantitative estimate of drug-likeness (QED) is 0.818. The number of hydrogen-bond donors (Lipinski definition) is 1. The van der Waals surface area contributed by atoms with E-state index in [0.29, 0.717) is 29.0 Å². The van der Waals surface area contributed by atoms with Gasteiger partial charge in [-0.1, -0.05) is 30.1 Å². The van der Waals surface area contributed by atoms with Crippen LogP contribution < -0.4 is 5.32 Å². The third-order valence-corrected chi connectivity index (χ3v) is 3.00. The molecule has 0 radical (unpaired) electrons. The van der Waals surface area contributed by atoms with Crippen molar-refractivity contribution in [3.8, 4) is 0 Å². The van der Waals surface area contributed by atoms with Gasteiger partial charge in [-0.3, -0.25) is 9.69 Å². The maximum absolute atomic E-state index is 11.4. The maximum atomic E-state index is 11.4. The molecule has 0 unspecified atom stereocenters. The summed E-state index contributed by atoms with van der Waals surface area (Å²) in [7, 11) is 1.62. The lowest BCUT2D eigenvalue weighted by molar-refractivity contribution is -0.121. The lowest BCUT2D eigenvalue weighted by Crippen LogP contribution is -2.36. The molecule has 0 saturated heterocycles. The number of halogens is 2. The summed E-state index contributed by atoms with van der Waals surface area (Å²) >= 11 is 11.9. The predicted molar refractivity (Wildman–Crippen MR) is 73.9 cm³/mol. The molecule has 4 nitrogen and oxygen atoms in total. The normalized spacial score (nSPS) is 10.7. The Kier molecular flexibility index (Phi) is 6.39. The van der Waals surface area contributed by atoms with Crippen molar-refractivity contribution < 1.29 is 4.79 Å². The molecule has 1 amide bonds. The summed E-state index contributed by atoms with van der Waals surface area (Å²) in [4.78, 5) is 17.6. The minimum Gasteiger partial charge on any atom is -0.358 e. The Morgan fingerprint density at radius 1 is 1.44 bits per heavy atom. The van der Waals surface area contributed by atoms with Gasteiger partial charge in [0.25, 0.3) is 0 Å². The van der Waals surface area contributed by atoms with E-state index in [-0.39, 0.29) is 5.91 Å². The zero-order chi connectivity index (χ0) is 13.5. The van der Waals surface area contributed by atoms with E-state index in [1.807, 2.05) is 4.90 Å². The van der Waals surface area contributed by atoms with Gasteiger partial charge in [0.2, 0.25) is 5.91 Å². The van der Waals surface area contributed by atoms with E-state index in [1.165, 1.54) is 0 Å². The Labute approximate surface area is 117 Å². The molecule has 0 aromatic carbocycles. The molecule has 0 aliphatic rings. The number of nitrogens with one attached hydrogen (secondary N) is 1. The highest BCUT2D eigenvalue weighted by Crippen LogP contribution is 2.18. The summed E-state index contributed by atoms with van der Waals surface area (Å²) in [5, 5.41) is 3.58. The molecule has 1 heterocycles. The van der Waals surface area contributed by atoms with Gasteiger partial charge in [-0.25, -0.2) is 4.98 Å². The molecule has 100 valence electrons. The van der Waals surface area contributed by atoms with E-state index >= 15 is 0 Å². The van der Waals surface area contributed by atoms with E-state index < -0.39 is 0 Å².